The SMILES string of the molecule is CC[C@@H]1OC(=O)[C@H](C)[C@@H](O[C@H]2C[C@](C)(OC)[C@@H](O)[C@H](C)O2)[C@H](C)[C@@H](O[C@@H]2O[C@H](C)C[C@H](N(C)CC3CCCC([Si](C)(C)O)C3)[C@H]2O)[C@](C)(OC)C[C@@H](C)C(=O)[C@@H](C)[C@@H](O)[C@]1(C)O. The van der Waals surface area contributed by atoms with Crippen LogP contribution in [0.4, 0.5) is 0 Å². The van der Waals surface area contributed by atoms with Crippen LogP contribution in [0.25, 0.3) is 0 Å². The molecule has 5 N–H and O–H groups in total. The number of Topliss-reactive ketones (excluding diaryl/α,β-unsaturated/α-hetero) is 1. The molecular weight excluding hydrogens is 819 g/mol. The molecule has 4 fully saturated rings. The van der Waals surface area contributed by atoms with Gasteiger partial charge in [-0.2, -0.15) is 0 Å². The molecule has 0 bridgehead atoms. The summed E-state index contributed by atoms with van der Waals surface area (Å²) in [6.45, 7) is 22.0. The van der Waals surface area contributed by atoms with E-state index >= 15 is 0 Å². The molecule has 3 aliphatic heterocycles. The minimum atomic E-state index is -2.30. The van der Waals surface area contributed by atoms with Gasteiger partial charge in [-0.05, 0) is 105 Å². The van der Waals surface area contributed by atoms with Crippen molar-refractivity contribution in [3.8, 4) is 0 Å². The Kier molecular flexibility index (Phi) is 18.3. The highest BCUT2D eigenvalue weighted by molar-refractivity contribution is 6.71. The Morgan fingerprint density at radius 1 is 0.855 bits per heavy atom. The first-order chi connectivity index (χ1) is 28.6. The average molecular weight is 904 g/mol. The van der Waals surface area contributed by atoms with Gasteiger partial charge in [-0.15, -0.1) is 0 Å². The first-order valence-electron chi connectivity index (χ1n) is 23.3. The highest BCUT2D eigenvalue weighted by atomic mass is 28.4. The molecule has 1 aliphatic carbocycles. The number of esters is 1. The van der Waals surface area contributed by atoms with E-state index in [2.05, 4.69) is 4.90 Å². The number of aliphatic hydroxyl groups is 4. The van der Waals surface area contributed by atoms with E-state index in [1.807, 2.05) is 40.9 Å². The molecule has 4 aliphatic rings. The summed E-state index contributed by atoms with van der Waals surface area (Å²) in [5, 5.41) is 46.6. The molecule has 0 aromatic heterocycles. The maximum atomic E-state index is 14.4. The van der Waals surface area contributed by atoms with Crippen molar-refractivity contribution in [1.29, 1.82) is 0 Å². The van der Waals surface area contributed by atoms with Gasteiger partial charge in [0.25, 0.3) is 0 Å². The Balaban J connectivity index is 1.79. The molecule has 0 radical (unpaired) electrons. The lowest BCUT2D eigenvalue weighted by atomic mass is 9.74. The van der Waals surface area contributed by atoms with Crippen LogP contribution in [0.1, 0.15) is 121 Å². The van der Waals surface area contributed by atoms with Crippen LogP contribution in [0.5, 0.6) is 0 Å². The smallest absolute Gasteiger partial charge is 0.311 e. The van der Waals surface area contributed by atoms with E-state index < -0.39 is 110 Å². The molecule has 15 nitrogen and oxygen atoms in total. The van der Waals surface area contributed by atoms with Gasteiger partial charge in [0.15, 0.2) is 20.9 Å². The van der Waals surface area contributed by atoms with Crippen LogP contribution >= 0.6 is 0 Å². The Labute approximate surface area is 372 Å². The second-order valence-electron chi connectivity index (χ2n) is 21.0. The summed E-state index contributed by atoms with van der Waals surface area (Å²) in [7, 11) is 2.75. The van der Waals surface area contributed by atoms with Gasteiger partial charge in [0.1, 0.15) is 29.7 Å². The molecule has 62 heavy (non-hydrogen) atoms. The molecule has 0 aromatic carbocycles. The number of likely N-dealkylation sites (N-methyl/N-ethyl adjacent to an activating group) is 1. The van der Waals surface area contributed by atoms with Gasteiger partial charge in [0.05, 0.1) is 47.6 Å². The van der Waals surface area contributed by atoms with Crippen LogP contribution in [-0.4, -0.2) is 162 Å². The Hall–Kier alpha value is -1.12. The number of hydrogen-bond acceptors (Lipinski definition) is 15. The van der Waals surface area contributed by atoms with Gasteiger partial charge in [0.2, 0.25) is 0 Å². The van der Waals surface area contributed by atoms with Crippen LogP contribution in [0.15, 0.2) is 0 Å². The maximum Gasteiger partial charge on any atom is 0.311 e. The molecule has 3 heterocycles. The first-order valence-corrected chi connectivity index (χ1v) is 26.3. The van der Waals surface area contributed by atoms with Crippen molar-refractivity contribution in [2.45, 2.75) is 223 Å². The highest BCUT2D eigenvalue weighted by Gasteiger charge is 2.54. The number of cyclic esters (lactones) is 1. The summed E-state index contributed by atoms with van der Waals surface area (Å²) in [6, 6.07) is -0.330. The number of hydrogen-bond donors (Lipinski definition) is 5. The Bertz CT molecular complexity index is 1470. The zero-order valence-corrected chi connectivity index (χ0v) is 41.5. The first kappa shape index (κ1) is 53.5. The molecule has 2 unspecified atom stereocenters. The molecule has 1 saturated carbocycles. The minimum absolute atomic E-state index is 0.0965. The van der Waals surface area contributed by atoms with Crippen LogP contribution in [0, 0.1) is 29.6 Å². The monoisotopic (exact) mass is 904 g/mol. The van der Waals surface area contributed by atoms with Crippen molar-refractivity contribution in [2.75, 3.05) is 27.8 Å². The van der Waals surface area contributed by atoms with Gasteiger partial charge in [-0.3, -0.25) is 9.59 Å². The Morgan fingerprint density at radius 3 is 2.06 bits per heavy atom. The van der Waals surface area contributed by atoms with Gasteiger partial charge in [-0.1, -0.05) is 40.5 Å². The third-order valence-corrected chi connectivity index (χ3v) is 18.0. The number of methoxy groups -OCH3 is 2. The molecular formula is C46H85NO14Si. The fourth-order valence-corrected chi connectivity index (χ4v) is 13.0. The standard InChI is InChI=1S/C46H85NO14Si/c1-16-34-46(10,53)39(50)27(4)36(48)25(2)22-45(9,56-13)41(28(5)38(29(6)42(52)59-34)60-35-23-44(8,55-12)40(51)30(7)58-35)61-43-37(49)33(20-26(3)57-43)47(11)24-31-18-17-19-32(21-31)62(14,15)54/h25-35,37-41,43,49-51,53-54H,16-24H2,1-15H3/t25-,26-,27-,28+,29-,30+,31?,32?,33+,34+,35+,37-,38+,39-,40+,41-,43+,44+,45-,46-/m1/s1. The fourth-order valence-electron chi connectivity index (χ4n) is 11.2. The average Bonchev–Trinajstić information content (AvgIpc) is 3.21. The van der Waals surface area contributed by atoms with Crippen molar-refractivity contribution in [3.63, 3.8) is 0 Å². The topological polar surface area (TPSA) is 203 Å². The summed E-state index contributed by atoms with van der Waals surface area (Å²) >= 11 is 0. The quantitative estimate of drug-likeness (QED) is 0.143. The fraction of sp³-hybridized carbons (Fsp3) is 0.957. The number of nitrogens with zero attached hydrogens (tertiary/aromatic N) is 1. The largest absolute Gasteiger partial charge is 0.459 e. The van der Waals surface area contributed by atoms with Crippen LogP contribution < -0.4 is 0 Å². The molecule has 3 saturated heterocycles. The zero-order chi connectivity index (χ0) is 46.9. The summed E-state index contributed by atoms with van der Waals surface area (Å²) in [6.07, 6.45) is -4.93. The van der Waals surface area contributed by atoms with E-state index in [-0.39, 0.29) is 37.2 Å². The van der Waals surface area contributed by atoms with E-state index in [9.17, 15) is 34.8 Å². The zero-order valence-electron chi connectivity index (χ0n) is 40.5. The molecule has 16 heteroatoms. The van der Waals surface area contributed by atoms with E-state index in [1.54, 1.807) is 41.5 Å². The van der Waals surface area contributed by atoms with Gasteiger partial charge >= 0.3 is 5.97 Å². The number of rotatable bonds is 11. The number of carbonyl (C=O) groups is 2. The Morgan fingerprint density at radius 2 is 1.48 bits per heavy atom. The van der Waals surface area contributed by atoms with Crippen molar-refractivity contribution in [2.24, 2.45) is 29.6 Å². The minimum Gasteiger partial charge on any atom is -0.459 e. The third kappa shape index (κ3) is 11.9. The lowest BCUT2D eigenvalue weighted by molar-refractivity contribution is -0.319. The highest BCUT2D eigenvalue weighted by Crippen LogP contribution is 2.43. The van der Waals surface area contributed by atoms with Gasteiger partial charge < -0.3 is 63.3 Å². The number of ketones is 1. The molecule has 362 valence electrons. The van der Waals surface area contributed by atoms with Crippen LogP contribution in [0.3, 0.4) is 0 Å². The van der Waals surface area contributed by atoms with Crippen molar-refractivity contribution in [1.82, 2.24) is 4.90 Å². The predicted molar refractivity (Wildman–Crippen MR) is 235 cm³/mol. The predicted octanol–water partition coefficient (Wildman–Crippen LogP) is 4.57. The second kappa shape index (κ2) is 21.2. The van der Waals surface area contributed by atoms with Crippen molar-refractivity contribution >= 4 is 20.1 Å². The summed E-state index contributed by atoms with van der Waals surface area (Å²) < 4.78 is 44.7. The van der Waals surface area contributed by atoms with E-state index in [0.29, 0.717) is 17.9 Å². The summed E-state index contributed by atoms with van der Waals surface area (Å²) in [5.41, 5.74) is -3.98. The second-order valence-corrected chi connectivity index (χ2v) is 25.1. The number of carbonyl (C=O) groups excluding carboxylic acids is 2. The van der Waals surface area contributed by atoms with Crippen LogP contribution in [0.2, 0.25) is 18.6 Å². The lowest BCUT2D eigenvalue weighted by Crippen LogP contribution is -2.62. The summed E-state index contributed by atoms with van der Waals surface area (Å²) in [4.78, 5) is 41.8. The van der Waals surface area contributed by atoms with E-state index in [4.69, 9.17) is 33.2 Å². The molecule has 4 rings (SSSR count). The third-order valence-electron chi connectivity index (χ3n) is 15.5. The maximum absolute atomic E-state index is 14.4. The van der Waals surface area contributed by atoms with E-state index in [1.165, 1.54) is 21.1 Å². The summed E-state index contributed by atoms with van der Waals surface area (Å²) in [5.74, 6) is -4.19. The molecule has 0 spiro atoms. The van der Waals surface area contributed by atoms with Gasteiger partial charge in [-0.25, -0.2) is 0 Å². The molecule has 20 atom stereocenters. The van der Waals surface area contributed by atoms with Crippen LogP contribution in [-0.2, 0) is 42.7 Å². The van der Waals surface area contributed by atoms with Crippen molar-refractivity contribution in [3.05, 3.63) is 0 Å². The van der Waals surface area contributed by atoms with E-state index in [0.717, 1.165) is 32.2 Å². The molecule has 0 amide bonds. The van der Waals surface area contributed by atoms with Crippen molar-refractivity contribution < 1.29 is 68.0 Å². The van der Waals surface area contributed by atoms with Gasteiger partial charge in [0, 0.05) is 51.0 Å². The number of ether oxygens (including phenoxy) is 7. The molecule has 0 aromatic rings. The number of aliphatic hydroxyl groups excluding tert-OH is 3. The lowest BCUT2D eigenvalue weighted by Gasteiger charge is -2.50. The normalized spacial score (nSPS) is 47.2.